The van der Waals surface area contributed by atoms with Crippen molar-refractivity contribution < 1.29 is 14.3 Å². The number of oxazole rings is 1. The Morgan fingerprint density at radius 1 is 1.38 bits per heavy atom. The van der Waals surface area contributed by atoms with Gasteiger partial charge in [-0.05, 0) is 36.5 Å². The number of carboxylic acids is 1. The van der Waals surface area contributed by atoms with E-state index >= 15 is 0 Å². The van der Waals surface area contributed by atoms with Crippen molar-refractivity contribution in [1.29, 1.82) is 0 Å². The van der Waals surface area contributed by atoms with Gasteiger partial charge < -0.3 is 14.8 Å². The van der Waals surface area contributed by atoms with Crippen LogP contribution in [0.15, 0.2) is 22.6 Å². The number of rotatable bonds is 3. The summed E-state index contributed by atoms with van der Waals surface area (Å²) in [4.78, 5) is 15.4. The van der Waals surface area contributed by atoms with Gasteiger partial charge in [0.15, 0.2) is 5.58 Å². The van der Waals surface area contributed by atoms with Crippen LogP contribution in [0.4, 0.5) is 6.01 Å². The smallest absolute Gasteiger partial charge is 0.335 e. The number of fused-ring (bicyclic) bond motifs is 1. The van der Waals surface area contributed by atoms with Crippen molar-refractivity contribution in [1.82, 2.24) is 4.98 Å². The van der Waals surface area contributed by atoms with Crippen molar-refractivity contribution in [2.24, 2.45) is 11.8 Å². The van der Waals surface area contributed by atoms with Crippen LogP contribution in [0.1, 0.15) is 43.5 Å². The molecule has 3 atom stereocenters. The van der Waals surface area contributed by atoms with E-state index in [9.17, 15) is 4.79 Å². The van der Waals surface area contributed by atoms with E-state index in [-0.39, 0.29) is 5.56 Å². The summed E-state index contributed by atoms with van der Waals surface area (Å²) in [5.41, 5.74) is 1.40. The third-order valence-electron chi connectivity index (χ3n) is 4.65. The highest BCUT2D eigenvalue weighted by Crippen LogP contribution is 2.32. The molecule has 1 aliphatic rings. The molecule has 1 aromatic carbocycles. The Bertz CT molecular complexity index is 665. The van der Waals surface area contributed by atoms with E-state index in [0.717, 1.165) is 6.42 Å². The van der Waals surface area contributed by atoms with E-state index in [1.807, 2.05) is 0 Å². The lowest BCUT2D eigenvalue weighted by Crippen LogP contribution is -2.35. The molecule has 112 valence electrons. The van der Waals surface area contributed by atoms with Gasteiger partial charge in [-0.15, -0.1) is 0 Å². The molecule has 3 unspecified atom stereocenters. The molecule has 3 rings (SSSR count). The van der Waals surface area contributed by atoms with E-state index in [4.69, 9.17) is 9.52 Å². The number of nitrogens with zero attached hydrogens (tertiary/aromatic N) is 1. The molecule has 0 amide bonds. The zero-order valence-electron chi connectivity index (χ0n) is 12.3. The van der Waals surface area contributed by atoms with Crippen molar-refractivity contribution in [3.8, 4) is 0 Å². The summed E-state index contributed by atoms with van der Waals surface area (Å²) in [5, 5.41) is 12.4. The first-order valence-electron chi connectivity index (χ1n) is 7.45. The minimum Gasteiger partial charge on any atom is -0.478 e. The van der Waals surface area contributed by atoms with Crippen molar-refractivity contribution in [3.05, 3.63) is 23.8 Å². The average molecular weight is 288 g/mol. The number of carboxylic acid groups (broad SMARTS) is 1. The lowest BCUT2D eigenvalue weighted by Gasteiger charge is -2.34. The monoisotopic (exact) mass is 288 g/mol. The summed E-state index contributed by atoms with van der Waals surface area (Å²) in [6.07, 6.45) is 3.60. The Kier molecular flexibility index (Phi) is 3.57. The summed E-state index contributed by atoms with van der Waals surface area (Å²) in [5.74, 6) is 0.306. The highest BCUT2D eigenvalue weighted by Gasteiger charge is 2.28. The molecule has 5 heteroatoms. The lowest BCUT2D eigenvalue weighted by atomic mass is 9.78. The molecule has 1 fully saturated rings. The first-order valence-corrected chi connectivity index (χ1v) is 7.45. The Balaban J connectivity index is 1.82. The third-order valence-corrected chi connectivity index (χ3v) is 4.65. The Morgan fingerprint density at radius 2 is 2.19 bits per heavy atom. The van der Waals surface area contributed by atoms with Crippen LogP contribution in [0.5, 0.6) is 0 Å². The highest BCUT2D eigenvalue weighted by molar-refractivity contribution is 5.92. The molecule has 0 radical (unpaired) electrons. The van der Waals surface area contributed by atoms with Gasteiger partial charge in [-0.25, -0.2) is 4.79 Å². The molecule has 0 spiro atoms. The Hall–Kier alpha value is -2.04. The molecule has 1 aromatic heterocycles. The number of hydrogen-bond acceptors (Lipinski definition) is 4. The Morgan fingerprint density at radius 3 is 2.95 bits per heavy atom. The number of anilines is 1. The molecule has 1 saturated carbocycles. The maximum absolute atomic E-state index is 11.0. The quantitative estimate of drug-likeness (QED) is 0.899. The number of aromatic nitrogens is 1. The zero-order chi connectivity index (χ0) is 15.0. The molecule has 0 saturated heterocycles. The van der Waals surface area contributed by atoms with Gasteiger partial charge in [-0.1, -0.05) is 26.7 Å². The van der Waals surface area contributed by atoms with Crippen LogP contribution in [-0.2, 0) is 0 Å². The minimum absolute atomic E-state index is 0.213. The fourth-order valence-corrected chi connectivity index (χ4v) is 3.06. The fraction of sp³-hybridized carbons (Fsp3) is 0.500. The number of nitrogens with one attached hydrogen (secondary N) is 1. The number of benzene rings is 1. The summed E-state index contributed by atoms with van der Waals surface area (Å²) >= 11 is 0. The lowest BCUT2D eigenvalue weighted by molar-refractivity contribution is 0.0697. The van der Waals surface area contributed by atoms with E-state index in [1.54, 1.807) is 12.1 Å². The fourth-order valence-electron chi connectivity index (χ4n) is 3.06. The summed E-state index contributed by atoms with van der Waals surface area (Å²) in [7, 11) is 0. The molecule has 21 heavy (non-hydrogen) atoms. The maximum atomic E-state index is 11.0. The second-order valence-corrected chi connectivity index (χ2v) is 6.02. The largest absolute Gasteiger partial charge is 0.478 e. The first-order chi connectivity index (χ1) is 10.0. The van der Waals surface area contributed by atoms with E-state index in [0.29, 0.717) is 35.0 Å². The average Bonchev–Trinajstić information content (AvgIpc) is 2.85. The summed E-state index contributed by atoms with van der Waals surface area (Å²) < 4.78 is 5.66. The normalized spacial score (nSPS) is 25.9. The standard InChI is InChI=1S/C16H20N2O3/c1-9-4-3-5-12(10(9)2)17-16-18-13-7-6-11(15(19)20)8-14(13)21-16/h6-10,12H,3-5H2,1-2H3,(H,17,18)(H,19,20). The van der Waals surface area contributed by atoms with Crippen LogP contribution in [0.25, 0.3) is 11.1 Å². The van der Waals surface area contributed by atoms with E-state index in [2.05, 4.69) is 24.1 Å². The summed E-state index contributed by atoms with van der Waals surface area (Å²) in [6, 6.07) is 5.59. The third kappa shape index (κ3) is 2.73. The van der Waals surface area contributed by atoms with Crippen LogP contribution >= 0.6 is 0 Å². The van der Waals surface area contributed by atoms with Gasteiger partial charge >= 0.3 is 5.97 Å². The second kappa shape index (κ2) is 5.39. The van der Waals surface area contributed by atoms with Gasteiger partial charge in [0.25, 0.3) is 6.01 Å². The maximum Gasteiger partial charge on any atom is 0.335 e. The van der Waals surface area contributed by atoms with E-state index < -0.39 is 5.97 Å². The van der Waals surface area contributed by atoms with Crippen molar-refractivity contribution >= 4 is 23.1 Å². The van der Waals surface area contributed by atoms with E-state index in [1.165, 1.54) is 18.9 Å². The van der Waals surface area contributed by atoms with Crippen LogP contribution < -0.4 is 5.32 Å². The van der Waals surface area contributed by atoms with Crippen LogP contribution in [0, 0.1) is 11.8 Å². The predicted octanol–water partition coefficient (Wildman–Crippen LogP) is 3.76. The SMILES string of the molecule is CC1CCCC(Nc2nc3ccc(C(=O)O)cc3o2)C1C. The van der Waals surface area contributed by atoms with Gasteiger partial charge in [-0.3, -0.25) is 0 Å². The molecular weight excluding hydrogens is 268 g/mol. The molecular formula is C16H20N2O3. The van der Waals surface area contributed by atoms with Gasteiger partial charge in [-0.2, -0.15) is 4.98 Å². The van der Waals surface area contributed by atoms with Crippen LogP contribution in [0.3, 0.4) is 0 Å². The first kappa shape index (κ1) is 13.9. The topological polar surface area (TPSA) is 75.4 Å². The van der Waals surface area contributed by atoms with Gasteiger partial charge in [0.2, 0.25) is 0 Å². The predicted molar refractivity (Wildman–Crippen MR) is 80.6 cm³/mol. The molecule has 0 bridgehead atoms. The van der Waals surface area contributed by atoms with Gasteiger partial charge in [0.05, 0.1) is 5.56 Å². The number of hydrogen-bond donors (Lipinski definition) is 2. The second-order valence-electron chi connectivity index (χ2n) is 6.02. The van der Waals surface area contributed by atoms with Gasteiger partial charge in [0.1, 0.15) is 5.52 Å². The van der Waals surface area contributed by atoms with Crippen LogP contribution in [-0.4, -0.2) is 22.1 Å². The van der Waals surface area contributed by atoms with Crippen LogP contribution in [0.2, 0.25) is 0 Å². The minimum atomic E-state index is -0.961. The summed E-state index contributed by atoms with van der Waals surface area (Å²) in [6.45, 7) is 4.54. The number of aromatic carboxylic acids is 1. The molecule has 1 heterocycles. The molecule has 0 aliphatic heterocycles. The highest BCUT2D eigenvalue weighted by atomic mass is 16.4. The molecule has 1 aliphatic carbocycles. The van der Waals surface area contributed by atoms with Gasteiger partial charge in [0, 0.05) is 6.04 Å². The molecule has 2 N–H and O–H groups in total. The number of carbonyl (C=O) groups is 1. The molecule has 5 nitrogen and oxygen atoms in total. The molecule has 2 aromatic rings. The van der Waals surface area contributed by atoms with Crippen molar-refractivity contribution in [2.75, 3.05) is 5.32 Å². The zero-order valence-corrected chi connectivity index (χ0v) is 12.3. The Labute approximate surface area is 123 Å². The van der Waals surface area contributed by atoms with Crippen molar-refractivity contribution in [3.63, 3.8) is 0 Å². The van der Waals surface area contributed by atoms with Crippen molar-refractivity contribution in [2.45, 2.75) is 39.2 Å².